The number of benzene rings is 3. The lowest BCUT2D eigenvalue weighted by molar-refractivity contribution is -0.141. The van der Waals surface area contributed by atoms with Crippen molar-refractivity contribution in [3.05, 3.63) is 92.9 Å². The zero-order chi connectivity index (χ0) is 32.3. The summed E-state index contributed by atoms with van der Waals surface area (Å²) in [7, 11) is -2.24. The molecule has 1 unspecified atom stereocenters. The highest BCUT2D eigenvalue weighted by molar-refractivity contribution is 7.92. The Balaban J connectivity index is 1.92. The van der Waals surface area contributed by atoms with E-state index in [1.54, 1.807) is 30.3 Å². The lowest BCUT2D eigenvalue weighted by atomic mass is 10.0. The molecule has 3 aromatic rings. The summed E-state index contributed by atoms with van der Waals surface area (Å²) >= 11 is 19.3. The molecule has 0 saturated carbocycles. The molecule has 44 heavy (non-hydrogen) atoms. The second kappa shape index (κ2) is 16.9. The first-order chi connectivity index (χ1) is 21.0. The Bertz CT molecular complexity index is 1500. The molecule has 0 saturated heterocycles. The summed E-state index contributed by atoms with van der Waals surface area (Å²) in [6, 6.07) is 18.4. The molecular weight excluding hydrogens is 645 g/mol. The van der Waals surface area contributed by atoms with Crippen molar-refractivity contribution in [3.8, 4) is 5.75 Å². The predicted molar refractivity (Wildman–Crippen MR) is 178 cm³/mol. The van der Waals surface area contributed by atoms with Crippen LogP contribution < -0.4 is 14.4 Å². The normalized spacial score (nSPS) is 12.0. The fourth-order valence-electron chi connectivity index (χ4n) is 4.73. The highest BCUT2D eigenvalue weighted by Gasteiger charge is 2.31. The maximum atomic E-state index is 14.0. The van der Waals surface area contributed by atoms with Gasteiger partial charge in [0.15, 0.2) is 0 Å². The SMILES string of the molecule is CCCCNC(=O)C(Cc1ccccc1)N(Cc1c(Cl)cccc1Cl)C(=O)CCCN(c1ccc(OC)c(Cl)c1)S(C)(=O)=O. The van der Waals surface area contributed by atoms with Crippen molar-refractivity contribution in [1.82, 2.24) is 10.2 Å². The third-order valence-corrected chi connectivity index (χ3v) is 9.26. The Morgan fingerprint density at radius 1 is 0.932 bits per heavy atom. The summed E-state index contributed by atoms with van der Waals surface area (Å²) in [6.45, 7) is 2.52. The van der Waals surface area contributed by atoms with E-state index in [0.29, 0.717) is 33.6 Å². The first kappa shape index (κ1) is 35.5. The minimum atomic E-state index is -3.71. The molecule has 8 nitrogen and oxygen atoms in total. The third kappa shape index (κ3) is 10.0. The van der Waals surface area contributed by atoms with Gasteiger partial charge >= 0.3 is 0 Å². The van der Waals surface area contributed by atoms with E-state index < -0.39 is 16.1 Å². The molecule has 238 valence electrons. The van der Waals surface area contributed by atoms with Crippen LogP contribution in [0, 0.1) is 0 Å². The number of carbonyl (C=O) groups excluding carboxylic acids is 2. The van der Waals surface area contributed by atoms with Gasteiger partial charge in [-0.05, 0) is 48.7 Å². The summed E-state index contributed by atoms with van der Waals surface area (Å²) in [6.07, 6.45) is 3.20. The number of amides is 2. The van der Waals surface area contributed by atoms with Crippen molar-refractivity contribution in [1.29, 1.82) is 0 Å². The lowest BCUT2D eigenvalue weighted by Gasteiger charge is -2.32. The van der Waals surface area contributed by atoms with Crippen LogP contribution in [-0.4, -0.2) is 57.6 Å². The van der Waals surface area contributed by atoms with Crippen molar-refractivity contribution in [2.45, 2.75) is 51.6 Å². The van der Waals surface area contributed by atoms with E-state index >= 15 is 0 Å². The van der Waals surface area contributed by atoms with Gasteiger partial charge in [0.2, 0.25) is 21.8 Å². The number of hydrogen-bond donors (Lipinski definition) is 1. The average Bonchev–Trinajstić information content (AvgIpc) is 2.98. The Morgan fingerprint density at radius 3 is 2.20 bits per heavy atom. The quantitative estimate of drug-likeness (QED) is 0.169. The number of anilines is 1. The maximum absolute atomic E-state index is 14.0. The van der Waals surface area contributed by atoms with Gasteiger partial charge in [0.25, 0.3) is 0 Å². The summed E-state index contributed by atoms with van der Waals surface area (Å²) in [5.41, 5.74) is 1.75. The number of nitrogens with zero attached hydrogens (tertiary/aromatic N) is 2. The molecule has 0 aliphatic heterocycles. The van der Waals surface area contributed by atoms with Crippen molar-refractivity contribution in [3.63, 3.8) is 0 Å². The number of carbonyl (C=O) groups is 2. The number of methoxy groups -OCH3 is 1. The van der Waals surface area contributed by atoms with Gasteiger partial charge in [-0.3, -0.25) is 13.9 Å². The van der Waals surface area contributed by atoms with Gasteiger partial charge in [-0.2, -0.15) is 0 Å². The van der Waals surface area contributed by atoms with Gasteiger partial charge in [-0.1, -0.05) is 84.5 Å². The summed E-state index contributed by atoms with van der Waals surface area (Å²) in [5.74, 6) is -0.215. The first-order valence-electron chi connectivity index (χ1n) is 14.3. The average molecular weight is 683 g/mol. The summed E-state index contributed by atoms with van der Waals surface area (Å²) in [4.78, 5) is 29.1. The standard InChI is InChI=1S/C32H38Cl3N3O5S/c1-4-5-18-36-32(40)29(20-23-11-7-6-8-12-23)37(22-25-26(33)13-9-14-27(25)34)31(39)15-10-19-38(44(3,41)42)24-16-17-30(43-2)28(35)21-24/h6-9,11-14,16-17,21,29H,4-5,10,15,18-20,22H2,1-3H3,(H,36,40). The molecule has 0 aliphatic rings. The number of ether oxygens (including phenoxy) is 1. The zero-order valence-corrected chi connectivity index (χ0v) is 28.1. The number of hydrogen-bond acceptors (Lipinski definition) is 5. The number of rotatable bonds is 16. The highest BCUT2D eigenvalue weighted by Crippen LogP contribution is 2.31. The van der Waals surface area contributed by atoms with Crippen LogP contribution in [0.15, 0.2) is 66.7 Å². The molecular formula is C32H38Cl3N3O5S. The van der Waals surface area contributed by atoms with Gasteiger partial charge < -0.3 is 15.0 Å². The van der Waals surface area contributed by atoms with Gasteiger partial charge in [0, 0.05) is 48.1 Å². The summed E-state index contributed by atoms with van der Waals surface area (Å²) < 4.78 is 31.8. The van der Waals surface area contributed by atoms with E-state index in [1.807, 2.05) is 37.3 Å². The number of sulfonamides is 1. The minimum absolute atomic E-state index is 0.0000828. The molecule has 3 aromatic carbocycles. The lowest BCUT2D eigenvalue weighted by Crippen LogP contribution is -2.50. The van der Waals surface area contributed by atoms with Crippen LogP contribution in [0.5, 0.6) is 5.75 Å². The van der Waals surface area contributed by atoms with E-state index in [1.165, 1.54) is 22.4 Å². The van der Waals surface area contributed by atoms with Crippen molar-refractivity contribution >= 4 is 62.3 Å². The van der Waals surface area contributed by atoms with Gasteiger partial charge in [0.1, 0.15) is 11.8 Å². The van der Waals surface area contributed by atoms with E-state index in [-0.39, 0.29) is 49.2 Å². The fraction of sp³-hybridized carbons (Fsp3) is 0.375. The van der Waals surface area contributed by atoms with E-state index in [4.69, 9.17) is 39.5 Å². The van der Waals surface area contributed by atoms with E-state index in [9.17, 15) is 18.0 Å². The fourth-order valence-corrected chi connectivity index (χ4v) is 6.45. The number of unbranched alkanes of at least 4 members (excludes halogenated alkanes) is 1. The Labute approximate surface area is 275 Å². The smallest absolute Gasteiger partial charge is 0.243 e. The monoisotopic (exact) mass is 681 g/mol. The van der Waals surface area contributed by atoms with Crippen molar-refractivity contribution in [2.24, 2.45) is 0 Å². The van der Waals surface area contributed by atoms with Crippen LogP contribution >= 0.6 is 34.8 Å². The summed E-state index contributed by atoms with van der Waals surface area (Å²) in [5, 5.41) is 3.98. The van der Waals surface area contributed by atoms with Gasteiger partial charge in [0.05, 0.1) is 24.1 Å². The molecule has 1 N–H and O–H groups in total. The van der Waals surface area contributed by atoms with Crippen molar-refractivity contribution < 1.29 is 22.7 Å². The molecule has 0 fully saturated rings. The van der Waals surface area contributed by atoms with Crippen LogP contribution in [0.1, 0.15) is 43.7 Å². The largest absolute Gasteiger partial charge is 0.495 e. The Morgan fingerprint density at radius 2 is 1.61 bits per heavy atom. The molecule has 0 aromatic heterocycles. The van der Waals surface area contributed by atoms with E-state index in [2.05, 4.69) is 5.32 Å². The molecule has 2 amide bonds. The van der Waals surface area contributed by atoms with Crippen molar-refractivity contribution in [2.75, 3.05) is 30.8 Å². The van der Waals surface area contributed by atoms with Gasteiger partial charge in [-0.25, -0.2) is 8.42 Å². The second-order valence-corrected chi connectivity index (χ2v) is 13.5. The molecule has 1 atom stereocenters. The van der Waals surface area contributed by atoms with Crippen LogP contribution in [0.25, 0.3) is 0 Å². The van der Waals surface area contributed by atoms with Gasteiger partial charge in [-0.15, -0.1) is 0 Å². The minimum Gasteiger partial charge on any atom is -0.495 e. The first-order valence-corrected chi connectivity index (χ1v) is 17.3. The molecule has 3 rings (SSSR count). The molecule has 0 heterocycles. The molecule has 0 radical (unpaired) electrons. The number of nitrogens with one attached hydrogen (secondary N) is 1. The predicted octanol–water partition coefficient (Wildman–Crippen LogP) is 6.76. The highest BCUT2D eigenvalue weighted by atomic mass is 35.5. The van der Waals surface area contributed by atoms with E-state index in [0.717, 1.165) is 24.7 Å². The topological polar surface area (TPSA) is 96.0 Å². The maximum Gasteiger partial charge on any atom is 0.243 e. The van der Waals surface area contributed by atoms with Crippen LogP contribution in [-0.2, 0) is 32.6 Å². The molecule has 0 aliphatic carbocycles. The third-order valence-electron chi connectivity index (χ3n) is 7.07. The zero-order valence-electron chi connectivity index (χ0n) is 25.1. The molecule has 0 bridgehead atoms. The molecule has 0 spiro atoms. The Hall–Kier alpha value is -2.98. The van der Waals surface area contributed by atoms with Crippen LogP contribution in [0.2, 0.25) is 15.1 Å². The van der Waals surface area contributed by atoms with Crippen LogP contribution in [0.3, 0.4) is 0 Å². The Kier molecular flexibility index (Phi) is 13.6. The number of halogens is 3. The second-order valence-electron chi connectivity index (χ2n) is 10.3. The molecule has 12 heteroatoms. The van der Waals surface area contributed by atoms with Crippen LogP contribution in [0.4, 0.5) is 5.69 Å².